The number of hydrogen-bond donors (Lipinski definition) is 1. The molecule has 0 spiro atoms. The van der Waals surface area contributed by atoms with Gasteiger partial charge in [0, 0.05) is 5.88 Å². The zero-order chi connectivity index (χ0) is 19.5. The number of aliphatic hydroxyl groups is 1. The van der Waals surface area contributed by atoms with E-state index in [1.54, 1.807) is 0 Å². The Hall–Kier alpha value is 0.210. The summed E-state index contributed by atoms with van der Waals surface area (Å²) in [7, 11) is 4.46. The number of rotatable bonds is 20. The zero-order valence-electron chi connectivity index (χ0n) is 18.3. The number of nitrogens with zero attached hydrogens (tertiary/aromatic N) is 1. The number of halogens is 1. The largest absolute Gasteiger partial charge is 0.388 e. The zero-order valence-corrected chi connectivity index (χ0v) is 19.0. The van der Waals surface area contributed by atoms with E-state index in [1.165, 1.54) is 109 Å². The van der Waals surface area contributed by atoms with Crippen LogP contribution in [0.15, 0.2) is 0 Å². The molecule has 0 heterocycles. The lowest BCUT2D eigenvalue weighted by molar-refractivity contribution is -0.893. The quantitative estimate of drug-likeness (QED) is 0.136. The van der Waals surface area contributed by atoms with Crippen LogP contribution in [0.5, 0.6) is 0 Å². The van der Waals surface area contributed by atoms with Gasteiger partial charge in [-0.15, -0.1) is 11.6 Å². The number of aliphatic hydroxyl groups excluding tert-OH is 1. The SMILES string of the molecule is CC(O)C[N+](C)(C)CCCCCCCCCCCCCCCCCCCl. The minimum atomic E-state index is -0.189. The second-order valence-corrected chi connectivity index (χ2v) is 9.41. The Morgan fingerprint density at radius 1 is 0.615 bits per heavy atom. The first kappa shape index (κ1) is 26.2. The molecule has 0 aromatic rings. The van der Waals surface area contributed by atoms with Gasteiger partial charge in [0.2, 0.25) is 0 Å². The van der Waals surface area contributed by atoms with Crippen LogP contribution in [0.2, 0.25) is 0 Å². The van der Waals surface area contributed by atoms with Crippen molar-refractivity contribution >= 4 is 11.6 Å². The fourth-order valence-corrected chi connectivity index (χ4v) is 4.10. The van der Waals surface area contributed by atoms with Gasteiger partial charge in [-0.2, -0.15) is 0 Å². The smallest absolute Gasteiger partial charge is 0.104 e. The summed E-state index contributed by atoms with van der Waals surface area (Å²) in [6, 6.07) is 0. The first-order valence-corrected chi connectivity index (χ1v) is 12.1. The van der Waals surface area contributed by atoms with Gasteiger partial charge >= 0.3 is 0 Å². The maximum Gasteiger partial charge on any atom is 0.104 e. The van der Waals surface area contributed by atoms with Gasteiger partial charge in [-0.05, 0) is 26.2 Å². The molecule has 0 aliphatic heterocycles. The molecule has 0 bridgehead atoms. The number of likely N-dealkylation sites (N-methyl/N-ethyl adjacent to an activating group) is 1. The normalized spacial score (nSPS) is 13.3. The van der Waals surface area contributed by atoms with E-state index in [-0.39, 0.29) is 6.10 Å². The highest BCUT2D eigenvalue weighted by Gasteiger charge is 2.16. The molecule has 26 heavy (non-hydrogen) atoms. The molecule has 0 amide bonds. The second kappa shape index (κ2) is 18.6. The average molecular weight is 391 g/mol. The average Bonchev–Trinajstić information content (AvgIpc) is 2.56. The first-order valence-electron chi connectivity index (χ1n) is 11.5. The van der Waals surface area contributed by atoms with Crippen molar-refractivity contribution < 1.29 is 9.59 Å². The van der Waals surface area contributed by atoms with Gasteiger partial charge in [0.15, 0.2) is 0 Å². The molecule has 0 saturated carbocycles. The van der Waals surface area contributed by atoms with Crippen LogP contribution < -0.4 is 0 Å². The van der Waals surface area contributed by atoms with Gasteiger partial charge < -0.3 is 9.59 Å². The fraction of sp³-hybridized carbons (Fsp3) is 1.00. The maximum atomic E-state index is 9.51. The Bertz CT molecular complexity index is 281. The van der Waals surface area contributed by atoms with E-state index in [9.17, 15) is 5.11 Å². The van der Waals surface area contributed by atoms with E-state index >= 15 is 0 Å². The Labute approximate surface area is 170 Å². The van der Waals surface area contributed by atoms with Crippen molar-refractivity contribution in [1.29, 1.82) is 0 Å². The summed E-state index contributed by atoms with van der Waals surface area (Å²) in [4.78, 5) is 0. The van der Waals surface area contributed by atoms with Gasteiger partial charge in [-0.1, -0.05) is 83.5 Å². The van der Waals surface area contributed by atoms with Crippen molar-refractivity contribution in [3.8, 4) is 0 Å². The molecule has 0 saturated heterocycles. The molecular weight excluding hydrogens is 342 g/mol. The predicted octanol–water partition coefficient (Wildman–Crippen LogP) is 6.92. The third-order valence-electron chi connectivity index (χ3n) is 5.41. The Kier molecular flexibility index (Phi) is 18.7. The molecule has 3 heteroatoms. The van der Waals surface area contributed by atoms with Crippen LogP contribution in [-0.2, 0) is 0 Å². The van der Waals surface area contributed by atoms with Crippen molar-refractivity contribution in [2.24, 2.45) is 0 Å². The summed E-state index contributed by atoms with van der Waals surface area (Å²) in [6.45, 7) is 3.95. The number of unbranched alkanes of at least 4 members (excludes halogenated alkanes) is 15. The van der Waals surface area contributed by atoms with Crippen LogP contribution in [-0.4, -0.2) is 48.8 Å². The standard InChI is InChI=1S/C23H49ClNO/c1-23(26)22-25(2,3)21-19-17-15-13-11-9-7-5-4-6-8-10-12-14-16-18-20-24/h23,26H,4-22H2,1-3H3/q+1. The van der Waals surface area contributed by atoms with E-state index in [1.807, 2.05) is 6.92 Å². The lowest BCUT2D eigenvalue weighted by Gasteiger charge is -2.31. The van der Waals surface area contributed by atoms with Gasteiger partial charge in [-0.3, -0.25) is 0 Å². The van der Waals surface area contributed by atoms with E-state index in [0.717, 1.165) is 16.9 Å². The third-order valence-corrected chi connectivity index (χ3v) is 5.67. The third kappa shape index (κ3) is 20.5. The topological polar surface area (TPSA) is 20.2 Å². The van der Waals surface area contributed by atoms with Crippen molar-refractivity contribution in [1.82, 2.24) is 0 Å². The van der Waals surface area contributed by atoms with Gasteiger partial charge in [0.1, 0.15) is 12.6 Å². The van der Waals surface area contributed by atoms with Crippen molar-refractivity contribution in [2.45, 2.75) is 116 Å². The number of alkyl halides is 1. The molecule has 158 valence electrons. The molecule has 1 unspecified atom stereocenters. The number of hydrogen-bond acceptors (Lipinski definition) is 1. The minimum Gasteiger partial charge on any atom is -0.388 e. The Morgan fingerprint density at radius 2 is 0.923 bits per heavy atom. The lowest BCUT2D eigenvalue weighted by atomic mass is 10.0. The van der Waals surface area contributed by atoms with Crippen molar-refractivity contribution in [2.75, 3.05) is 33.1 Å². The number of quaternary nitrogens is 1. The predicted molar refractivity (Wildman–Crippen MR) is 118 cm³/mol. The molecule has 1 atom stereocenters. The summed E-state index contributed by atoms with van der Waals surface area (Å²) >= 11 is 5.69. The molecule has 2 nitrogen and oxygen atoms in total. The highest BCUT2D eigenvalue weighted by atomic mass is 35.5. The van der Waals surface area contributed by atoms with Crippen molar-refractivity contribution in [3.63, 3.8) is 0 Å². The van der Waals surface area contributed by atoms with Crippen LogP contribution in [0.4, 0.5) is 0 Å². The van der Waals surface area contributed by atoms with E-state index in [4.69, 9.17) is 11.6 Å². The van der Waals surface area contributed by atoms with Crippen molar-refractivity contribution in [3.05, 3.63) is 0 Å². The monoisotopic (exact) mass is 390 g/mol. The van der Waals surface area contributed by atoms with Gasteiger partial charge in [0.25, 0.3) is 0 Å². The molecule has 0 aliphatic carbocycles. The lowest BCUT2D eigenvalue weighted by Crippen LogP contribution is -2.45. The second-order valence-electron chi connectivity index (χ2n) is 9.04. The molecule has 0 aliphatic rings. The molecular formula is C23H49ClNO+. The van der Waals surface area contributed by atoms with Gasteiger partial charge in [0.05, 0.1) is 20.6 Å². The summed E-state index contributed by atoms with van der Waals surface area (Å²) in [6.07, 6.45) is 22.0. The molecule has 0 fully saturated rings. The Morgan fingerprint density at radius 3 is 1.23 bits per heavy atom. The Balaban J connectivity index is 3.16. The minimum absolute atomic E-state index is 0.189. The first-order chi connectivity index (χ1) is 12.5. The maximum absolute atomic E-state index is 9.51. The summed E-state index contributed by atoms with van der Waals surface area (Å²) in [5, 5.41) is 9.51. The summed E-state index contributed by atoms with van der Waals surface area (Å²) in [5.74, 6) is 0.835. The van der Waals surface area contributed by atoms with Crippen LogP contribution in [0.1, 0.15) is 110 Å². The van der Waals surface area contributed by atoms with E-state index in [0.29, 0.717) is 0 Å². The highest BCUT2D eigenvalue weighted by molar-refractivity contribution is 6.17. The summed E-state index contributed by atoms with van der Waals surface area (Å²) < 4.78 is 0.949. The van der Waals surface area contributed by atoms with E-state index < -0.39 is 0 Å². The summed E-state index contributed by atoms with van der Waals surface area (Å²) in [5.41, 5.74) is 0. The highest BCUT2D eigenvalue weighted by Crippen LogP contribution is 2.14. The van der Waals surface area contributed by atoms with E-state index in [2.05, 4.69) is 14.1 Å². The van der Waals surface area contributed by atoms with Crippen LogP contribution >= 0.6 is 11.6 Å². The molecule has 0 rings (SSSR count). The molecule has 1 N–H and O–H groups in total. The molecule has 0 aromatic heterocycles. The molecule has 0 radical (unpaired) electrons. The van der Waals surface area contributed by atoms with Crippen LogP contribution in [0, 0.1) is 0 Å². The van der Waals surface area contributed by atoms with Crippen LogP contribution in [0.3, 0.4) is 0 Å². The fourth-order valence-electron chi connectivity index (χ4n) is 3.92. The molecule has 0 aromatic carbocycles. The van der Waals surface area contributed by atoms with Crippen LogP contribution in [0.25, 0.3) is 0 Å². The van der Waals surface area contributed by atoms with Gasteiger partial charge in [-0.25, -0.2) is 0 Å².